The fraction of sp³-hybridized carbons (Fsp3) is 0.385. The van der Waals surface area contributed by atoms with Gasteiger partial charge in [0.25, 0.3) is 0 Å². The van der Waals surface area contributed by atoms with Crippen molar-refractivity contribution in [3.8, 4) is 11.4 Å². The van der Waals surface area contributed by atoms with Crippen molar-refractivity contribution in [1.29, 1.82) is 0 Å². The van der Waals surface area contributed by atoms with Crippen molar-refractivity contribution in [2.24, 2.45) is 5.92 Å². The Kier molecular flexibility index (Phi) is 4.11. The summed E-state index contributed by atoms with van der Waals surface area (Å²) in [5.74, 6) is 1.80. The van der Waals surface area contributed by atoms with Crippen LogP contribution in [0.15, 0.2) is 24.3 Å². The molecule has 0 saturated heterocycles. The first-order valence-electron chi connectivity index (χ1n) is 5.85. The van der Waals surface area contributed by atoms with Crippen LogP contribution in [0.3, 0.4) is 0 Å². The quantitative estimate of drug-likeness (QED) is 0.807. The van der Waals surface area contributed by atoms with Gasteiger partial charge in [-0.2, -0.15) is 0 Å². The molecule has 96 valence electrons. The minimum Gasteiger partial charge on any atom is -0.310 e. The summed E-state index contributed by atoms with van der Waals surface area (Å²) in [5, 5.41) is 8.95. The van der Waals surface area contributed by atoms with Crippen molar-refractivity contribution in [1.82, 2.24) is 14.8 Å². The number of rotatable bonds is 4. The van der Waals surface area contributed by atoms with Crippen molar-refractivity contribution in [3.63, 3.8) is 0 Å². The van der Waals surface area contributed by atoms with Gasteiger partial charge in [-0.25, -0.2) is 4.39 Å². The van der Waals surface area contributed by atoms with E-state index >= 15 is 0 Å². The van der Waals surface area contributed by atoms with Crippen LogP contribution in [0.5, 0.6) is 0 Å². The van der Waals surface area contributed by atoms with Gasteiger partial charge < -0.3 is 4.57 Å². The van der Waals surface area contributed by atoms with Gasteiger partial charge in [-0.05, 0) is 18.1 Å². The highest BCUT2D eigenvalue weighted by Gasteiger charge is 2.14. The monoisotopic (exact) mass is 311 g/mol. The smallest absolute Gasteiger partial charge is 0.164 e. The third kappa shape index (κ3) is 2.77. The zero-order valence-corrected chi connectivity index (χ0v) is 12.0. The summed E-state index contributed by atoms with van der Waals surface area (Å²) in [4.78, 5) is 0. The van der Waals surface area contributed by atoms with Crippen molar-refractivity contribution in [2.75, 3.05) is 0 Å². The largest absolute Gasteiger partial charge is 0.310 e. The molecule has 3 nitrogen and oxygen atoms in total. The van der Waals surface area contributed by atoms with Gasteiger partial charge >= 0.3 is 0 Å². The fourth-order valence-electron chi connectivity index (χ4n) is 1.83. The Hall–Kier alpha value is -1.23. The maximum atomic E-state index is 13.3. The molecule has 1 aromatic heterocycles. The number of alkyl halides is 1. The first-order valence-corrected chi connectivity index (χ1v) is 6.98. The van der Waals surface area contributed by atoms with E-state index in [4.69, 9.17) is 0 Å². The molecule has 0 atom stereocenters. The van der Waals surface area contributed by atoms with Gasteiger partial charge in [0.15, 0.2) is 5.82 Å². The summed E-state index contributed by atoms with van der Waals surface area (Å²) < 4.78 is 15.3. The number of nitrogens with zero attached hydrogens (tertiary/aromatic N) is 3. The lowest BCUT2D eigenvalue weighted by atomic mass is 10.2. The first kappa shape index (κ1) is 13.2. The van der Waals surface area contributed by atoms with Crippen LogP contribution in [0.1, 0.15) is 19.7 Å². The van der Waals surface area contributed by atoms with E-state index in [2.05, 4.69) is 40.0 Å². The van der Waals surface area contributed by atoms with E-state index < -0.39 is 0 Å². The summed E-state index contributed by atoms with van der Waals surface area (Å²) in [5.41, 5.74) is 0.760. The van der Waals surface area contributed by atoms with Crippen molar-refractivity contribution in [3.05, 3.63) is 35.9 Å². The Bertz CT molecular complexity index is 537. The molecule has 0 radical (unpaired) electrons. The standard InChI is InChI=1S/C13H15BrFN3/c1-9(2)8-18-12(7-14)16-17-13(18)10-4-3-5-11(15)6-10/h3-6,9H,7-8H2,1-2H3. The van der Waals surface area contributed by atoms with Crippen LogP contribution in [-0.4, -0.2) is 14.8 Å². The third-order valence-electron chi connectivity index (χ3n) is 2.58. The summed E-state index contributed by atoms with van der Waals surface area (Å²) in [6, 6.07) is 6.45. The average molecular weight is 312 g/mol. The molecule has 0 aliphatic carbocycles. The van der Waals surface area contributed by atoms with Crippen molar-refractivity contribution >= 4 is 15.9 Å². The van der Waals surface area contributed by atoms with Crippen LogP contribution < -0.4 is 0 Å². The van der Waals surface area contributed by atoms with E-state index in [9.17, 15) is 4.39 Å². The molecule has 1 aromatic carbocycles. The highest BCUT2D eigenvalue weighted by Crippen LogP contribution is 2.21. The van der Waals surface area contributed by atoms with Crippen LogP contribution >= 0.6 is 15.9 Å². The summed E-state index contributed by atoms with van der Waals surface area (Å²) >= 11 is 3.40. The molecule has 2 aromatic rings. The molecule has 1 heterocycles. The zero-order chi connectivity index (χ0) is 13.1. The van der Waals surface area contributed by atoms with Crippen molar-refractivity contribution < 1.29 is 4.39 Å². The predicted octanol–water partition coefficient (Wildman–Crippen LogP) is 3.64. The summed E-state index contributed by atoms with van der Waals surface area (Å²) in [6.45, 7) is 5.08. The molecule has 0 aliphatic heterocycles. The van der Waals surface area contributed by atoms with Crippen LogP contribution in [0.4, 0.5) is 4.39 Å². The topological polar surface area (TPSA) is 30.7 Å². The van der Waals surface area contributed by atoms with Gasteiger partial charge in [0.1, 0.15) is 11.6 Å². The van der Waals surface area contributed by atoms with E-state index in [0.29, 0.717) is 11.2 Å². The molecular formula is C13H15BrFN3. The van der Waals surface area contributed by atoms with Crippen LogP contribution in [0, 0.1) is 11.7 Å². The average Bonchev–Trinajstić information content (AvgIpc) is 2.71. The molecule has 2 rings (SSSR count). The number of aromatic nitrogens is 3. The number of benzene rings is 1. The Morgan fingerprint density at radius 1 is 1.33 bits per heavy atom. The Morgan fingerprint density at radius 3 is 2.72 bits per heavy atom. The molecule has 0 amide bonds. The second-order valence-electron chi connectivity index (χ2n) is 4.59. The second kappa shape index (κ2) is 5.61. The number of halogens is 2. The highest BCUT2D eigenvalue weighted by molar-refractivity contribution is 9.08. The van der Waals surface area contributed by atoms with Crippen LogP contribution in [0.25, 0.3) is 11.4 Å². The normalized spacial score (nSPS) is 11.2. The maximum Gasteiger partial charge on any atom is 0.164 e. The molecule has 0 aliphatic rings. The molecule has 0 bridgehead atoms. The molecule has 0 N–H and O–H groups in total. The summed E-state index contributed by atoms with van der Waals surface area (Å²) in [7, 11) is 0. The molecule has 5 heteroatoms. The minimum atomic E-state index is -0.257. The highest BCUT2D eigenvalue weighted by atomic mass is 79.9. The SMILES string of the molecule is CC(C)Cn1c(CBr)nnc1-c1cccc(F)c1. The van der Waals surface area contributed by atoms with Gasteiger partial charge in [-0.15, -0.1) is 10.2 Å². The number of hydrogen-bond acceptors (Lipinski definition) is 2. The molecule has 0 spiro atoms. The fourth-order valence-corrected chi connectivity index (χ4v) is 2.25. The molecule has 0 saturated carbocycles. The minimum absolute atomic E-state index is 0.257. The predicted molar refractivity (Wildman–Crippen MR) is 72.9 cm³/mol. The summed E-state index contributed by atoms with van der Waals surface area (Å²) in [6.07, 6.45) is 0. The van der Waals surface area contributed by atoms with Gasteiger partial charge in [0.2, 0.25) is 0 Å². The van der Waals surface area contributed by atoms with Gasteiger partial charge in [0.05, 0.1) is 5.33 Å². The van der Waals surface area contributed by atoms with E-state index in [1.54, 1.807) is 6.07 Å². The Labute approximate surface area is 114 Å². The van der Waals surface area contributed by atoms with Gasteiger partial charge in [-0.1, -0.05) is 41.9 Å². The van der Waals surface area contributed by atoms with E-state index in [1.807, 2.05) is 10.6 Å². The zero-order valence-electron chi connectivity index (χ0n) is 10.4. The lowest BCUT2D eigenvalue weighted by molar-refractivity contribution is 0.516. The van der Waals surface area contributed by atoms with Gasteiger partial charge in [-0.3, -0.25) is 0 Å². The van der Waals surface area contributed by atoms with E-state index in [1.165, 1.54) is 12.1 Å². The molecule has 18 heavy (non-hydrogen) atoms. The maximum absolute atomic E-state index is 13.3. The van der Waals surface area contributed by atoms with Gasteiger partial charge in [0, 0.05) is 12.1 Å². The van der Waals surface area contributed by atoms with Crippen molar-refractivity contribution in [2.45, 2.75) is 25.7 Å². The molecule has 0 fully saturated rings. The number of hydrogen-bond donors (Lipinski definition) is 0. The Morgan fingerprint density at radius 2 is 2.11 bits per heavy atom. The first-order chi connectivity index (χ1) is 8.61. The lowest BCUT2D eigenvalue weighted by Crippen LogP contribution is -2.09. The lowest BCUT2D eigenvalue weighted by Gasteiger charge is -2.11. The second-order valence-corrected chi connectivity index (χ2v) is 5.15. The molecule has 0 unspecified atom stereocenters. The third-order valence-corrected chi connectivity index (χ3v) is 3.08. The Balaban J connectivity index is 2.47. The van der Waals surface area contributed by atoms with Crippen LogP contribution in [0.2, 0.25) is 0 Å². The molecular weight excluding hydrogens is 297 g/mol. The van der Waals surface area contributed by atoms with E-state index in [0.717, 1.165) is 23.8 Å². The van der Waals surface area contributed by atoms with Crippen LogP contribution in [-0.2, 0) is 11.9 Å². The van der Waals surface area contributed by atoms with E-state index in [-0.39, 0.29) is 5.82 Å².